The predicted octanol–water partition coefficient (Wildman–Crippen LogP) is 3.01. The summed E-state index contributed by atoms with van der Waals surface area (Å²) in [6.45, 7) is 4.40. The molecule has 0 spiro atoms. The van der Waals surface area contributed by atoms with E-state index in [1.807, 2.05) is 31.2 Å². The van der Waals surface area contributed by atoms with E-state index in [2.05, 4.69) is 19.1 Å². The molecule has 2 nitrogen and oxygen atoms in total. The Hall–Kier alpha value is -1.57. The predicted molar refractivity (Wildman–Crippen MR) is 63.4 cm³/mol. The van der Waals surface area contributed by atoms with Gasteiger partial charge in [-0.25, -0.2) is 0 Å². The summed E-state index contributed by atoms with van der Waals surface area (Å²) in [7, 11) is 0. The van der Waals surface area contributed by atoms with Crippen molar-refractivity contribution in [3.8, 4) is 0 Å². The van der Waals surface area contributed by atoms with E-state index in [4.69, 9.17) is 4.74 Å². The van der Waals surface area contributed by atoms with Crippen LogP contribution >= 0.6 is 0 Å². The molecule has 0 heterocycles. The summed E-state index contributed by atoms with van der Waals surface area (Å²) in [4.78, 5) is 11.8. The van der Waals surface area contributed by atoms with Gasteiger partial charge in [0, 0.05) is 0 Å². The average Bonchev–Trinajstić information content (AvgIpc) is 2.30. The second-order valence-electron chi connectivity index (χ2n) is 4.03. The van der Waals surface area contributed by atoms with Gasteiger partial charge < -0.3 is 4.74 Å². The summed E-state index contributed by atoms with van der Waals surface area (Å²) in [5.41, 5.74) is 2.30. The van der Waals surface area contributed by atoms with Crippen molar-refractivity contribution in [2.24, 2.45) is 0 Å². The first-order chi connectivity index (χ1) is 7.74. The Bertz CT molecular complexity index is 420. The molecule has 0 saturated heterocycles. The Kier molecular flexibility index (Phi) is 3.09. The summed E-state index contributed by atoms with van der Waals surface area (Å²) in [5.74, 6) is -0.00711. The minimum atomic E-state index is -0.229. The maximum Gasteiger partial charge on any atom is 0.317 e. The van der Waals surface area contributed by atoms with Crippen LogP contribution in [0.15, 0.2) is 36.4 Å². The first kappa shape index (κ1) is 10.9. The second kappa shape index (κ2) is 4.52. The van der Waals surface area contributed by atoms with Gasteiger partial charge >= 0.3 is 5.97 Å². The number of hydrogen-bond donors (Lipinski definition) is 0. The molecule has 1 aliphatic rings. The van der Waals surface area contributed by atoms with Gasteiger partial charge in [-0.1, -0.05) is 43.3 Å². The van der Waals surface area contributed by atoms with Gasteiger partial charge in [-0.15, -0.1) is 0 Å². The maximum atomic E-state index is 11.8. The van der Waals surface area contributed by atoms with Crippen molar-refractivity contribution >= 4 is 5.97 Å². The molecule has 0 bridgehead atoms. The third-order valence-corrected chi connectivity index (χ3v) is 2.95. The molecule has 2 rings (SSSR count). The largest absolute Gasteiger partial charge is 0.465 e. The van der Waals surface area contributed by atoms with E-state index in [9.17, 15) is 4.79 Å². The van der Waals surface area contributed by atoms with Gasteiger partial charge in [0.1, 0.15) is 5.92 Å². The molecule has 2 heteroatoms. The lowest BCUT2D eigenvalue weighted by Gasteiger charge is -2.23. The summed E-state index contributed by atoms with van der Waals surface area (Å²) < 4.78 is 5.08. The monoisotopic (exact) mass is 216 g/mol. The van der Waals surface area contributed by atoms with Crippen molar-refractivity contribution in [2.45, 2.75) is 25.7 Å². The number of rotatable bonds is 2. The smallest absolute Gasteiger partial charge is 0.317 e. The van der Waals surface area contributed by atoms with E-state index in [0.717, 1.165) is 5.56 Å². The molecule has 0 unspecified atom stereocenters. The Morgan fingerprint density at radius 3 is 2.62 bits per heavy atom. The third-order valence-electron chi connectivity index (χ3n) is 2.95. The molecule has 16 heavy (non-hydrogen) atoms. The fourth-order valence-corrected chi connectivity index (χ4v) is 2.13. The summed E-state index contributed by atoms with van der Waals surface area (Å²) >= 11 is 0. The lowest BCUT2D eigenvalue weighted by Crippen LogP contribution is -2.18. The van der Waals surface area contributed by atoms with Crippen LogP contribution in [-0.2, 0) is 9.53 Å². The molecule has 2 atom stereocenters. The van der Waals surface area contributed by atoms with Crippen LogP contribution in [0.5, 0.6) is 0 Å². The number of carbonyl (C=O) groups excluding carboxylic acids is 1. The molecule has 0 saturated carbocycles. The lowest BCUT2D eigenvalue weighted by molar-refractivity contribution is -0.143. The first-order valence-corrected chi connectivity index (χ1v) is 5.67. The average molecular weight is 216 g/mol. The zero-order valence-electron chi connectivity index (χ0n) is 9.64. The van der Waals surface area contributed by atoms with Crippen molar-refractivity contribution in [3.63, 3.8) is 0 Å². The molecule has 0 radical (unpaired) electrons. The van der Waals surface area contributed by atoms with Crippen molar-refractivity contribution in [1.82, 2.24) is 0 Å². The molecule has 1 aliphatic carbocycles. The summed E-state index contributed by atoms with van der Waals surface area (Å²) in [5, 5.41) is 0. The van der Waals surface area contributed by atoms with Crippen molar-refractivity contribution in [1.29, 1.82) is 0 Å². The third kappa shape index (κ3) is 1.87. The number of carbonyl (C=O) groups is 1. The highest BCUT2D eigenvalue weighted by Crippen LogP contribution is 2.33. The van der Waals surface area contributed by atoms with E-state index in [1.54, 1.807) is 0 Å². The summed E-state index contributed by atoms with van der Waals surface area (Å²) in [6, 6.07) is 8.07. The Morgan fingerprint density at radius 2 is 1.94 bits per heavy atom. The SMILES string of the molecule is CCOC(=O)[C@H]1C=C[C@@H](C)c2ccccc21. The van der Waals surface area contributed by atoms with Gasteiger partial charge in [-0.2, -0.15) is 0 Å². The summed E-state index contributed by atoms with van der Waals surface area (Å²) in [6.07, 6.45) is 4.02. The molecule has 0 amide bonds. The van der Waals surface area contributed by atoms with Gasteiger partial charge in [0.2, 0.25) is 0 Å². The van der Waals surface area contributed by atoms with E-state index in [-0.39, 0.29) is 11.9 Å². The molecule has 0 N–H and O–H groups in total. The zero-order valence-corrected chi connectivity index (χ0v) is 9.64. The molecule has 0 fully saturated rings. The highest BCUT2D eigenvalue weighted by Gasteiger charge is 2.26. The highest BCUT2D eigenvalue weighted by molar-refractivity contribution is 5.81. The highest BCUT2D eigenvalue weighted by atomic mass is 16.5. The fraction of sp³-hybridized carbons (Fsp3) is 0.357. The number of benzene rings is 1. The van der Waals surface area contributed by atoms with E-state index >= 15 is 0 Å². The number of allylic oxidation sites excluding steroid dienone is 1. The molecule has 1 aromatic rings. The van der Waals surface area contributed by atoms with Crippen LogP contribution in [0.3, 0.4) is 0 Å². The van der Waals surface area contributed by atoms with Crippen LogP contribution < -0.4 is 0 Å². The molecule has 84 valence electrons. The molecule has 0 aliphatic heterocycles. The van der Waals surface area contributed by atoms with Crippen LogP contribution in [0.4, 0.5) is 0 Å². The normalized spacial score (nSPS) is 22.6. The quantitative estimate of drug-likeness (QED) is 0.561. The number of ether oxygens (including phenoxy) is 1. The van der Waals surface area contributed by atoms with Crippen LogP contribution in [0.2, 0.25) is 0 Å². The van der Waals surface area contributed by atoms with Crippen molar-refractivity contribution < 1.29 is 9.53 Å². The van der Waals surface area contributed by atoms with Gasteiger partial charge in [0.05, 0.1) is 6.61 Å². The minimum Gasteiger partial charge on any atom is -0.465 e. The number of esters is 1. The van der Waals surface area contributed by atoms with Crippen LogP contribution in [0, 0.1) is 0 Å². The van der Waals surface area contributed by atoms with Gasteiger partial charge in [-0.05, 0) is 24.0 Å². The standard InChI is InChI=1S/C14H16O2/c1-3-16-14(15)13-9-8-10(2)11-6-4-5-7-12(11)13/h4-10,13H,3H2,1-2H3/t10-,13+/m1/s1. The second-order valence-corrected chi connectivity index (χ2v) is 4.03. The fourth-order valence-electron chi connectivity index (χ4n) is 2.13. The van der Waals surface area contributed by atoms with Crippen LogP contribution in [0.1, 0.15) is 36.8 Å². The van der Waals surface area contributed by atoms with E-state index in [1.165, 1.54) is 5.56 Å². The topological polar surface area (TPSA) is 26.3 Å². The first-order valence-electron chi connectivity index (χ1n) is 5.67. The maximum absolute atomic E-state index is 11.8. The molecule has 0 aromatic heterocycles. The van der Waals surface area contributed by atoms with E-state index in [0.29, 0.717) is 12.5 Å². The Labute approximate surface area is 95.9 Å². The zero-order chi connectivity index (χ0) is 11.5. The van der Waals surface area contributed by atoms with Gasteiger partial charge in [0.15, 0.2) is 0 Å². The number of fused-ring (bicyclic) bond motifs is 1. The van der Waals surface area contributed by atoms with Gasteiger partial charge in [-0.3, -0.25) is 4.79 Å². The lowest BCUT2D eigenvalue weighted by atomic mass is 9.83. The Balaban J connectivity index is 2.36. The van der Waals surface area contributed by atoms with Crippen LogP contribution in [-0.4, -0.2) is 12.6 Å². The number of hydrogen-bond acceptors (Lipinski definition) is 2. The van der Waals surface area contributed by atoms with Gasteiger partial charge in [0.25, 0.3) is 0 Å². The minimum absolute atomic E-state index is 0.155. The van der Waals surface area contributed by atoms with Crippen molar-refractivity contribution in [2.75, 3.05) is 6.61 Å². The van der Waals surface area contributed by atoms with E-state index < -0.39 is 0 Å². The van der Waals surface area contributed by atoms with Crippen LogP contribution in [0.25, 0.3) is 0 Å². The Morgan fingerprint density at radius 1 is 1.25 bits per heavy atom. The van der Waals surface area contributed by atoms with Crippen molar-refractivity contribution in [3.05, 3.63) is 47.5 Å². The molecular formula is C14H16O2. The molecular weight excluding hydrogens is 200 g/mol. The molecule has 1 aromatic carbocycles.